The SMILES string of the molecule is Cc1cc(C#N)ccc1C(=O)N[C@@H](CCC(=O)O)C(=O)O. The molecule has 0 fully saturated rings. The number of benzene rings is 1. The van der Waals surface area contributed by atoms with E-state index in [0.29, 0.717) is 11.1 Å². The standard InChI is InChI=1S/C14H14N2O5/c1-8-6-9(7-15)2-3-10(8)13(19)16-11(14(20)21)4-5-12(17)18/h2-3,6,11H,4-5H2,1H3,(H,16,19)(H,17,18)(H,20,21)/t11-/m0/s1. The van der Waals surface area contributed by atoms with Crippen LogP contribution in [0, 0.1) is 18.3 Å². The molecule has 0 bridgehead atoms. The van der Waals surface area contributed by atoms with Gasteiger partial charge in [-0.05, 0) is 37.1 Å². The highest BCUT2D eigenvalue weighted by molar-refractivity contribution is 5.98. The van der Waals surface area contributed by atoms with E-state index in [9.17, 15) is 14.4 Å². The second kappa shape index (κ2) is 7.05. The Morgan fingerprint density at radius 1 is 1.33 bits per heavy atom. The Morgan fingerprint density at radius 3 is 2.48 bits per heavy atom. The number of carboxylic acids is 2. The Balaban J connectivity index is 2.85. The molecule has 1 atom stereocenters. The minimum absolute atomic E-state index is 0.203. The normalized spacial score (nSPS) is 11.2. The van der Waals surface area contributed by atoms with Crippen LogP contribution in [-0.4, -0.2) is 34.1 Å². The molecule has 0 heterocycles. The first-order valence-corrected chi connectivity index (χ1v) is 6.11. The summed E-state index contributed by atoms with van der Waals surface area (Å²) in [4.78, 5) is 33.5. The minimum Gasteiger partial charge on any atom is -0.481 e. The molecule has 1 amide bonds. The Labute approximate surface area is 120 Å². The molecule has 1 aromatic carbocycles. The Kier molecular flexibility index (Phi) is 5.43. The van der Waals surface area contributed by atoms with Crippen LogP contribution in [0.3, 0.4) is 0 Å². The summed E-state index contributed by atoms with van der Waals surface area (Å²) in [6.45, 7) is 1.63. The number of carbonyl (C=O) groups excluding carboxylic acids is 1. The van der Waals surface area contributed by atoms with Gasteiger partial charge in [-0.3, -0.25) is 9.59 Å². The van der Waals surface area contributed by atoms with Gasteiger partial charge in [0.25, 0.3) is 5.91 Å². The van der Waals surface area contributed by atoms with E-state index in [0.717, 1.165) is 0 Å². The van der Waals surface area contributed by atoms with E-state index >= 15 is 0 Å². The van der Waals surface area contributed by atoms with E-state index in [4.69, 9.17) is 15.5 Å². The maximum absolute atomic E-state index is 12.0. The van der Waals surface area contributed by atoms with Crippen LogP contribution >= 0.6 is 0 Å². The highest BCUT2D eigenvalue weighted by Gasteiger charge is 2.22. The summed E-state index contributed by atoms with van der Waals surface area (Å²) in [5, 5.41) is 28.6. The molecule has 0 saturated carbocycles. The average molecular weight is 290 g/mol. The number of carbonyl (C=O) groups is 3. The van der Waals surface area contributed by atoms with Gasteiger partial charge in [0.2, 0.25) is 0 Å². The molecule has 3 N–H and O–H groups in total. The zero-order valence-electron chi connectivity index (χ0n) is 11.3. The van der Waals surface area contributed by atoms with Gasteiger partial charge in [0, 0.05) is 12.0 Å². The van der Waals surface area contributed by atoms with Crippen molar-refractivity contribution in [2.75, 3.05) is 0 Å². The molecule has 0 radical (unpaired) electrons. The summed E-state index contributed by atoms with van der Waals surface area (Å²) in [5.74, 6) is -3.05. The fraction of sp³-hybridized carbons (Fsp3) is 0.286. The summed E-state index contributed by atoms with van der Waals surface area (Å²) in [6, 6.07) is 5.06. The van der Waals surface area contributed by atoms with Gasteiger partial charge >= 0.3 is 11.9 Å². The summed E-state index contributed by atoms with van der Waals surface area (Å²) >= 11 is 0. The number of amides is 1. The van der Waals surface area contributed by atoms with Crippen LogP contribution in [0.1, 0.15) is 34.3 Å². The smallest absolute Gasteiger partial charge is 0.326 e. The third-order valence-corrected chi connectivity index (χ3v) is 2.85. The van der Waals surface area contributed by atoms with Crippen LogP contribution in [0.2, 0.25) is 0 Å². The zero-order valence-corrected chi connectivity index (χ0v) is 11.3. The van der Waals surface area contributed by atoms with Crippen LogP contribution in [0.4, 0.5) is 0 Å². The fourth-order valence-corrected chi connectivity index (χ4v) is 1.75. The van der Waals surface area contributed by atoms with Gasteiger partial charge < -0.3 is 15.5 Å². The van der Waals surface area contributed by atoms with Crippen molar-refractivity contribution in [3.8, 4) is 6.07 Å². The lowest BCUT2D eigenvalue weighted by Crippen LogP contribution is -2.41. The molecule has 0 aliphatic carbocycles. The molecule has 21 heavy (non-hydrogen) atoms. The summed E-state index contributed by atoms with van der Waals surface area (Å²) < 4.78 is 0. The predicted octanol–water partition coefficient (Wildman–Crippen LogP) is 0.915. The third-order valence-electron chi connectivity index (χ3n) is 2.85. The summed E-state index contributed by atoms with van der Waals surface area (Å²) in [6.07, 6.45) is -0.560. The number of nitrogens with zero attached hydrogens (tertiary/aromatic N) is 1. The van der Waals surface area contributed by atoms with Crippen LogP contribution in [0.5, 0.6) is 0 Å². The fourth-order valence-electron chi connectivity index (χ4n) is 1.75. The number of aryl methyl sites for hydroxylation is 1. The van der Waals surface area contributed by atoms with Gasteiger partial charge in [0.05, 0.1) is 11.6 Å². The minimum atomic E-state index is -1.30. The molecule has 0 aromatic heterocycles. The van der Waals surface area contributed by atoms with Gasteiger partial charge in [-0.1, -0.05) is 0 Å². The second-order valence-corrected chi connectivity index (χ2v) is 4.44. The number of nitriles is 1. The highest BCUT2D eigenvalue weighted by Crippen LogP contribution is 2.11. The molecular formula is C14H14N2O5. The van der Waals surface area contributed by atoms with Crippen molar-refractivity contribution in [1.82, 2.24) is 5.32 Å². The molecule has 0 spiro atoms. The molecule has 110 valence electrons. The maximum Gasteiger partial charge on any atom is 0.326 e. The van der Waals surface area contributed by atoms with Crippen molar-refractivity contribution >= 4 is 17.8 Å². The molecule has 7 heteroatoms. The molecule has 0 aliphatic heterocycles. The van der Waals surface area contributed by atoms with Gasteiger partial charge in [-0.25, -0.2) is 4.79 Å². The number of nitrogens with one attached hydrogen (secondary N) is 1. The first kappa shape index (κ1) is 16.2. The van der Waals surface area contributed by atoms with Crippen LogP contribution < -0.4 is 5.32 Å². The Morgan fingerprint density at radius 2 is 2.00 bits per heavy atom. The Hall–Kier alpha value is -2.88. The second-order valence-electron chi connectivity index (χ2n) is 4.44. The van der Waals surface area contributed by atoms with E-state index in [2.05, 4.69) is 5.32 Å². The number of hydrogen-bond donors (Lipinski definition) is 3. The molecular weight excluding hydrogens is 276 g/mol. The van der Waals surface area contributed by atoms with Crippen molar-refractivity contribution in [2.24, 2.45) is 0 Å². The molecule has 1 rings (SSSR count). The summed E-state index contributed by atoms with van der Waals surface area (Å²) in [7, 11) is 0. The van der Waals surface area contributed by atoms with Gasteiger partial charge in [-0.2, -0.15) is 5.26 Å². The molecule has 1 aromatic rings. The van der Waals surface area contributed by atoms with E-state index in [1.165, 1.54) is 18.2 Å². The highest BCUT2D eigenvalue weighted by atomic mass is 16.4. The number of rotatable bonds is 6. The summed E-state index contributed by atoms with van der Waals surface area (Å²) in [5.41, 5.74) is 1.18. The lowest BCUT2D eigenvalue weighted by atomic mass is 10.0. The number of hydrogen-bond acceptors (Lipinski definition) is 4. The van der Waals surface area contributed by atoms with Crippen molar-refractivity contribution < 1.29 is 24.6 Å². The zero-order chi connectivity index (χ0) is 16.0. The molecule has 0 aliphatic rings. The van der Waals surface area contributed by atoms with Crippen LogP contribution in [0.15, 0.2) is 18.2 Å². The average Bonchev–Trinajstić information content (AvgIpc) is 2.42. The predicted molar refractivity (Wildman–Crippen MR) is 71.7 cm³/mol. The number of carboxylic acid groups (broad SMARTS) is 2. The van der Waals surface area contributed by atoms with E-state index in [-0.39, 0.29) is 18.4 Å². The van der Waals surface area contributed by atoms with Crippen molar-refractivity contribution in [3.05, 3.63) is 34.9 Å². The van der Waals surface area contributed by atoms with Gasteiger partial charge in [0.15, 0.2) is 0 Å². The quantitative estimate of drug-likeness (QED) is 0.714. The topological polar surface area (TPSA) is 127 Å². The van der Waals surface area contributed by atoms with Crippen molar-refractivity contribution in [1.29, 1.82) is 5.26 Å². The van der Waals surface area contributed by atoms with Gasteiger partial charge in [0.1, 0.15) is 6.04 Å². The lowest BCUT2D eigenvalue weighted by molar-refractivity contribution is -0.140. The Bertz CT molecular complexity index is 618. The van der Waals surface area contributed by atoms with Crippen LogP contribution in [-0.2, 0) is 9.59 Å². The first-order chi connectivity index (χ1) is 9.85. The maximum atomic E-state index is 12.0. The van der Waals surface area contributed by atoms with Crippen molar-refractivity contribution in [3.63, 3.8) is 0 Å². The first-order valence-electron chi connectivity index (χ1n) is 6.11. The lowest BCUT2D eigenvalue weighted by Gasteiger charge is -2.14. The largest absolute Gasteiger partial charge is 0.481 e. The van der Waals surface area contributed by atoms with Gasteiger partial charge in [-0.15, -0.1) is 0 Å². The van der Waals surface area contributed by atoms with E-state index < -0.39 is 23.9 Å². The molecule has 7 nitrogen and oxygen atoms in total. The van der Waals surface area contributed by atoms with E-state index in [1.54, 1.807) is 6.92 Å². The monoisotopic (exact) mass is 290 g/mol. The van der Waals surface area contributed by atoms with Crippen LogP contribution in [0.25, 0.3) is 0 Å². The number of aliphatic carboxylic acids is 2. The third kappa shape index (κ3) is 4.62. The van der Waals surface area contributed by atoms with E-state index in [1.807, 2.05) is 6.07 Å². The molecule has 0 unspecified atom stereocenters. The molecule has 0 saturated heterocycles. The van der Waals surface area contributed by atoms with Crippen molar-refractivity contribution in [2.45, 2.75) is 25.8 Å².